The molecule has 0 aliphatic rings. The normalized spacial score (nSPS) is 12.4. The zero-order chi connectivity index (χ0) is 10.4. The predicted octanol–water partition coefficient (Wildman–Crippen LogP) is 0.464. The van der Waals surface area contributed by atoms with E-state index in [4.69, 9.17) is 4.74 Å². The van der Waals surface area contributed by atoms with Gasteiger partial charge in [-0.25, -0.2) is 4.98 Å². The maximum atomic E-state index is 11.2. The van der Waals surface area contributed by atoms with Crippen molar-refractivity contribution in [3.63, 3.8) is 0 Å². The lowest BCUT2D eigenvalue weighted by Crippen LogP contribution is -2.21. The van der Waals surface area contributed by atoms with Crippen LogP contribution in [0.5, 0.6) is 0 Å². The summed E-state index contributed by atoms with van der Waals surface area (Å²) in [6, 6.07) is 0. The minimum atomic E-state index is -0.197. The van der Waals surface area contributed by atoms with E-state index < -0.39 is 0 Å². The predicted molar refractivity (Wildman–Crippen MR) is 54.4 cm³/mol. The highest BCUT2D eigenvalue weighted by atomic mass is 16.5. The van der Waals surface area contributed by atoms with Crippen LogP contribution in [0.2, 0.25) is 0 Å². The van der Waals surface area contributed by atoms with Gasteiger partial charge in [0.2, 0.25) is 0 Å². The van der Waals surface area contributed by atoms with Crippen molar-refractivity contribution >= 4 is 5.82 Å². The summed E-state index contributed by atoms with van der Waals surface area (Å²) in [5, 5.41) is 2.96. The molecule has 0 saturated heterocycles. The first kappa shape index (κ1) is 10.7. The van der Waals surface area contributed by atoms with E-state index in [-0.39, 0.29) is 5.56 Å². The monoisotopic (exact) mass is 197 g/mol. The molecule has 0 aromatic carbocycles. The van der Waals surface area contributed by atoms with Crippen molar-refractivity contribution in [2.75, 3.05) is 25.6 Å². The van der Waals surface area contributed by atoms with Crippen LogP contribution in [-0.4, -0.2) is 30.2 Å². The molecule has 5 nitrogen and oxygen atoms in total. The second-order valence-corrected chi connectivity index (χ2v) is 3.21. The summed E-state index contributed by atoms with van der Waals surface area (Å²) < 4.78 is 4.98. The van der Waals surface area contributed by atoms with Gasteiger partial charge in [0.25, 0.3) is 5.56 Å². The van der Waals surface area contributed by atoms with Crippen molar-refractivity contribution in [3.05, 3.63) is 22.7 Å². The molecular weight excluding hydrogens is 182 g/mol. The molecule has 0 aliphatic heterocycles. The molecule has 1 aromatic heterocycles. The zero-order valence-electron chi connectivity index (χ0n) is 8.41. The molecular formula is C9H15N3O2. The summed E-state index contributed by atoms with van der Waals surface area (Å²) in [4.78, 5) is 17.6. The Labute approximate surface area is 82.5 Å². The summed E-state index contributed by atoms with van der Waals surface area (Å²) in [7, 11) is 1.66. The number of ether oxygens (including phenoxy) is 1. The van der Waals surface area contributed by atoms with Crippen LogP contribution in [0.3, 0.4) is 0 Å². The summed E-state index contributed by atoms with van der Waals surface area (Å²) in [6.07, 6.45) is 3.05. The Morgan fingerprint density at radius 3 is 3.14 bits per heavy atom. The van der Waals surface area contributed by atoms with Crippen LogP contribution in [-0.2, 0) is 4.74 Å². The van der Waals surface area contributed by atoms with Gasteiger partial charge in [-0.1, -0.05) is 6.92 Å². The smallest absolute Gasteiger partial charge is 0.290 e. The third-order valence-electron chi connectivity index (χ3n) is 1.78. The van der Waals surface area contributed by atoms with Crippen LogP contribution in [0.1, 0.15) is 6.92 Å². The molecule has 0 fully saturated rings. The number of H-pyrrole nitrogens is 1. The van der Waals surface area contributed by atoms with Gasteiger partial charge in [-0.15, -0.1) is 0 Å². The quantitative estimate of drug-likeness (QED) is 0.719. The van der Waals surface area contributed by atoms with Crippen molar-refractivity contribution in [2.45, 2.75) is 6.92 Å². The van der Waals surface area contributed by atoms with Crippen LogP contribution in [0.15, 0.2) is 17.2 Å². The molecule has 5 heteroatoms. The number of methoxy groups -OCH3 is 1. The number of aromatic amines is 1. The number of nitrogens with one attached hydrogen (secondary N) is 2. The van der Waals surface area contributed by atoms with E-state index >= 15 is 0 Å². The third-order valence-corrected chi connectivity index (χ3v) is 1.78. The molecule has 1 atom stereocenters. The molecule has 0 amide bonds. The van der Waals surface area contributed by atoms with Crippen molar-refractivity contribution in [1.29, 1.82) is 0 Å². The fourth-order valence-corrected chi connectivity index (χ4v) is 1.09. The van der Waals surface area contributed by atoms with Crippen LogP contribution >= 0.6 is 0 Å². The van der Waals surface area contributed by atoms with Crippen molar-refractivity contribution in [1.82, 2.24) is 9.97 Å². The lowest BCUT2D eigenvalue weighted by atomic mass is 10.2. The lowest BCUT2D eigenvalue weighted by Gasteiger charge is -2.10. The molecule has 1 aromatic rings. The minimum absolute atomic E-state index is 0.197. The number of nitrogens with zero attached hydrogens (tertiary/aromatic N) is 1. The van der Waals surface area contributed by atoms with Gasteiger partial charge < -0.3 is 15.0 Å². The molecule has 14 heavy (non-hydrogen) atoms. The number of rotatable bonds is 5. The maximum absolute atomic E-state index is 11.2. The highest BCUT2D eigenvalue weighted by molar-refractivity contribution is 5.29. The largest absolute Gasteiger partial charge is 0.384 e. The van der Waals surface area contributed by atoms with Crippen LogP contribution < -0.4 is 10.9 Å². The second kappa shape index (κ2) is 5.39. The van der Waals surface area contributed by atoms with Gasteiger partial charge in [-0.2, -0.15) is 0 Å². The summed E-state index contributed by atoms with van der Waals surface area (Å²) in [5.74, 6) is 0.705. The highest BCUT2D eigenvalue weighted by Gasteiger charge is 2.03. The molecule has 0 aliphatic carbocycles. The lowest BCUT2D eigenvalue weighted by molar-refractivity contribution is 0.164. The third kappa shape index (κ3) is 3.18. The van der Waals surface area contributed by atoms with E-state index in [2.05, 4.69) is 15.3 Å². The van der Waals surface area contributed by atoms with E-state index in [0.717, 1.165) is 0 Å². The fraction of sp³-hybridized carbons (Fsp3) is 0.556. The maximum Gasteiger partial charge on any atom is 0.290 e. The summed E-state index contributed by atoms with van der Waals surface area (Å²) in [5.41, 5.74) is -0.197. The molecule has 1 unspecified atom stereocenters. The van der Waals surface area contributed by atoms with Gasteiger partial charge in [-0.05, 0) is 5.92 Å². The zero-order valence-corrected chi connectivity index (χ0v) is 8.41. The highest BCUT2D eigenvalue weighted by Crippen LogP contribution is 1.97. The van der Waals surface area contributed by atoms with Crippen molar-refractivity contribution in [2.24, 2.45) is 5.92 Å². The van der Waals surface area contributed by atoms with E-state index in [1.54, 1.807) is 13.3 Å². The van der Waals surface area contributed by atoms with E-state index in [0.29, 0.717) is 24.9 Å². The molecule has 2 N–H and O–H groups in total. The Morgan fingerprint density at radius 2 is 2.50 bits per heavy atom. The molecule has 0 radical (unpaired) electrons. The second-order valence-electron chi connectivity index (χ2n) is 3.21. The minimum Gasteiger partial charge on any atom is -0.384 e. The van der Waals surface area contributed by atoms with Crippen LogP contribution in [0, 0.1) is 5.92 Å². The van der Waals surface area contributed by atoms with Crippen LogP contribution in [0.4, 0.5) is 5.82 Å². The van der Waals surface area contributed by atoms with Gasteiger partial charge in [0, 0.05) is 26.0 Å². The van der Waals surface area contributed by atoms with Gasteiger partial charge in [0.1, 0.15) is 0 Å². The average Bonchev–Trinajstić information content (AvgIpc) is 2.17. The van der Waals surface area contributed by atoms with E-state index in [1.165, 1.54) is 6.20 Å². The standard InChI is InChI=1S/C9H15N3O2/c1-7(6-14-2)5-12-8-9(13)11-4-3-10-8/h3-4,7H,5-6H2,1-2H3,(H,10,12)(H,11,13). The summed E-state index contributed by atoms with van der Waals surface area (Å²) in [6.45, 7) is 3.37. The Kier molecular flexibility index (Phi) is 4.12. The van der Waals surface area contributed by atoms with E-state index in [1.807, 2.05) is 6.92 Å². The molecule has 0 spiro atoms. The Hall–Kier alpha value is -1.36. The first-order chi connectivity index (χ1) is 6.74. The number of aromatic nitrogens is 2. The summed E-state index contributed by atoms with van der Waals surface area (Å²) >= 11 is 0. The van der Waals surface area contributed by atoms with Gasteiger partial charge in [0.15, 0.2) is 5.82 Å². The van der Waals surface area contributed by atoms with Crippen molar-refractivity contribution < 1.29 is 4.74 Å². The average molecular weight is 197 g/mol. The van der Waals surface area contributed by atoms with Crippen molar-refractivity contribution in [3.8, 4) is 0 Å². The van der Waals surface area contributed by atoms with E-state index in [9.17, 15) is 4.79 Å². The molecule has 0 bridgehead atoms. The number of anilines is 1. The molecule has 0 saturated carbocycles. The number of hydrogen-bond acceptors (Lipinski definition) is 4. The Bertz CT molecular complexity index is 324. The van der Waals surface area contributed by atoms with Gasteiger partial charge >= 0.3 is 0 Å². The SMILES string of the molecule is COCC(C)CNc1ncc[nH]c1=O. The number of hydrogen-bond donors (Lipinski definition) is 2. The molecule has 1 rings (SSSR count). The Morgan fingerprint density at radius 1 is 1.71 bits per heavy atom. The molecule has 78 valence electrons. The molecule has 1 heterocycles. The first-order valence-electron chi connectivity index (χ1n) is 4.50. The topological polar surface area (TPSA) is 67.0 Å². The van der Waals surface area contributed by atoms with Gasteiger partial charge in [-0.3, -0.25) is 4.79 Å². The fourth-order valence-electron chi connectivity index (χ4n) is 1.09. The van der Waals surface area contributed by atoms with Crippen LogP contribution in [0.25, 0.3) is 0 Å². The Balaban J connectivity index is 2.46. The van der Waals surface area contributed by atoms with Gasteiger partial charge in [0.05, 0.1) is 6.61 Å². The first-order valence-corrected chi connectivity index (χ1v) is 4.50.